The fourth-order valence-corrected chi connectivity index (χ4v) is 2.81. The standard InChI is InChI=1S/C15H18O4S3/c1-3-13(16)18-9-5-7-11-21-15(20)22-12-8-6-10-19-14(17)4-2/h3-8H,1-2,9-12H2. The minimum absolute atomic E-state index is 0.234. The van der Waals surface area contributed by atoms with Crippen molar-refractivity contribution in [3.63, 3.8) is 0 Å². The van der Waals surface area contributed by atoms with E-state index in [0.717, 1.165) is 27.2 Å². The predicted octanol–water partition coefficient (Wildman–Crippen LogP) is 3.31. The lowest BCUT2D eigenvalue weighted by Gasteiger charge is -1.99. The average Bonchev–Trinajstić information content (AvgIpc) is 2.53. The number of carbonyl (C=O) groups is 2. The highest BCUT2D eigenvalue weighted by Gasteiger charge is 1.96. The lowest BCUT2D eigenvalue weighted by molar-refractivity contribution is -0.137. The second-order valence-corrected chi connectivity index (χ2v) is 6.73. The summed E-state index contributed by atoms with van der Waals surface area (Å²) in [7, 11) is 0. The summed E-state index contributed by atoms with van der Waals surface area (Å²) in [5.74, 6) is 0.568. The summed E-state index contributed by atoms with van der Waals surface area (Å²) < 4.78 is 10.4. The Bertz CT molecular complexity index is 416. The van der Waals surface area contributed by atoms with E-state index in [1.165, 1.54) is 23.5 Å². The van der Waals surface area contributed by atoms with Crippen LogP contribution in [-0.4, -0.2) is 40.2 Å². The van der Waals surface area contributed by atoms with Crippen LogP contribution in [0.5, 0.6) is 0 Å². The topological polar surface area (TPSA) is 52.6 Å². The van der Waals surface area contributed by atoms with E-state index in [-0.39, 0.29) is 13.2 Å². The molecule has 0 aliphatic heterocycles. The molecule has 0 aromatic carbocycles. The third-order valence-corrected chi connectivity index (χ3v) is 4.51. The number of carbonyl (C=O) groups excluding carboxylic acids is 2. The highest BCUT2D eigenvalue weighted by molar-refractivity contribution is 8.47. The second kappa shape index (κ2) is 14.6. The number of esters is 2. The molecule has 0 radical (unpaired) electrons. The first kappa shape index (κ1) is 20.7. The van der Waals surface area contributed by atoms with Gasteiger partial charge in [0.2, 0.25) is 0 Å². The van der Waals surface area contributed by atoms with Gasteiger partial charge in [0, 0.05) is 23.7 Å². The zero-order chi connectivity index (χ0) is 16.6. The Morgan fingerprint density at radius 1 is 0.864 bits per heavy atom. The maximum Gasteiger partial charge on any atom is 0.330 e. The van der Waals surface area contributed by atoms with Crippen molar-refractivity contribution in [2.24, 2.45) is 0 Å². The summed E-state index contributed by atoms with van der Waals surface area (Å²) in [6.45, 7) is 7.07. The van der Waals surface area contributed by atoms with Crippen LogP contribution in [0.1, 0.15) is 0 Å². The SMILES string of the molecule is C=CC(=O)OCC=CCSC(=S)SCC=CCOC(=O)C=C. The summed E-state index contributed by atoms with van der Waals surface area (Å²) in [5.41, 5.74) is 0. The van der Waals surface area contributed by atoms with E-state index in [0.29, 0.717) is 0 Å². The summed E-state index contributed by atoms with van der Waals surface area (Å²) >= 11 is 8.25. The molecule has 22 heavy (non-hydrogen) atoms. The first-order valence-corrected chi connectivity index (χ1v) is 8.66. The van der Waals surface area contributed by atoms with Crippen LogP contribution >= 0.6 is 35.7 Å². The van der Waals surface area contributed by atoms with Crippen LogP contribution in [-0.2, 0) is 19.1 Å². The predicted molar refractivity (Wildman–Crippen MR) is 98.1 cm³/mol. The van der Waals surface area contributed by atoms with Crippen molar-refractivity contribution in [2.45, 2.75) is 0 Å². The molecule has 0 unspecified atom stereocenters. The number of hydrogen-bond acceptors (Lipinski definition) is 7. The summed E-state index contributed by atoms with van der Waals surface area (Å²) in [5, 5.41) is 0. The fourth-order valence-electron chi connectivity index (χ4n) is 0.924. The Balaban J connectivity index is 3.57. The molecule has 0 aliphatic carbocycles. The zero-order valence-corrected chi connectivity index (χ0v) is 14.5. The van der Waals surface area contributed by atoms with E-state index in [4.69, 9.17) is 21.7 Å². The Hall–Kier alpha value is -1.31. The molecule has 0 rings (SSSR count). The number of hydrogen-bond donors (Lipinski definition) is 0. The van der Waals surface area contributed by atoms with Crippen molar-refractivity contribution < 1.29 is 19.1 Å². The number of ether oxygens (including phenoxy) is 2. The number of rotatable bonds is 10. The molecule has 0 fully saturated rings. The van der Waals surface area contributed by atoms with E-state index >= 15 is 0 Å². The van der Waals surface area contributed by atoms with Crippen LogP contribution in [0.25, 0.3) is 0 Å². The van der Waals surface area contributed by atoms with E-state index in [9.17, 15) is 9.59 Å². The van der Waals surface area contributed by atoms with Crippen molar-refractivity contribution in [3.05, 3.63) is 49.6 Å². The number of thioether (sulfide) groups is 2. The first-order valence-electron chi connectivity index (χ1n) is 6.28. The van der Waals surface area contributed by atoms with Gasteiger partial charge >= 0.3 is 11.9 Å². The van der Waals surface area contributed by atoms with Gasteiger partial charge in [-0.15, -0.1) is 23.5 Å². The summed E-state index contributed by atoms with van der Waals surface area (Å²) in [4.78, 5) is 21.5. The van der Waals surface area contributed by atoms with Crippen molar-refractivity contribution >= 4 is 51.2 Å². The molecule has 0 N–H and O–H groups in total. The molecule has 0 amide bonds. The maximum absolute atomic E-state index is 10.8. The van der Waals surface area contributed by atoms with Crippen molar-refractivity contribution in [1.82, 2.24) is 0 Å². The molecular formula is C15H18O4S3. The summed E-state index contributed by atoms with van der Waals surface area (Å²) in [6.07, 6.45) is 9.54. The van der Waals surface area contributed by atoms with Gasteiger partial charge in [-0.1, -0.05) is 49.7 Å². The molecule has 0 aliphatic rings. The minimum Gasteiger partial charge on any atom is -0.458 e. The van der Waals surface area contributed by atoms with Gasteiger partial charge in [0.15, 0.2) is 0 Å². The fraction of sp³-hybridized carbons (Fsp3) is 0.267. The maximum atomic E-state index is 10.8. The van der Waals surface area contributed by atoms with Gasteiger partial charge in [-0.05, 0) is 0 Å². The minimum atomic E-state index is -0.436. The molecule has 120 valence electrons. The molecule has 0 atom stereocenters. The van der Waals surface area contributed by atoms with Crippen LogP contribution in [0.2, 0.25) is 0 Å². The highest BCUT2D eigenvalue weighted by atomic mass is 32.2. The van der Waals surface area contributed by atoms with E-state index in [1.807, 2.05) is 12.2 Å². The van der Waals surface area contributed by atoms with Gasteiger partial charge in [0.05, 0.1) is 0 Å². The average molecular weight is 359 g/mol. The lowest BCUT2D eigenvalue weighted by atomic mass is 10.5. The Kier molecular flexibility index (Phi) is 13.7. The normalized spacial score (nSPS) is 10.5. The third kappa shape index (κ3) is 13.7. The van der Waals surface area contributed by atoms with Crippen molar-refractivity contribution in [2.75, 3.05) is 24.7 Å². The van der Waals surface area contributed by atoms with Gasteiger partial charge in [0.1, 0.15) is 16.7 Å². The van der Waals surface area contributed by atoms with Gasteiger partial charge in [-0.2, -0.15) is 0 Å². The Morgan fingerprint density at radius 2 is 1.27 bits per heavy atom. The zero-order valence-electron chi connectivity index (χ0n) is 12.1. The third-order valence-electron chi connectivity index (χ3n) is 1.91. The molecule has 0 aromatic heterocycles. The molecule has 0 saturated heterocycles. The van der Waals surface area contributed by atoms with E-state index in [2.05, 4.69) is 13.2 Å². The molecular weight excluding hydrogens is 340 g/mol. The monoisotopic (exact) mass is 358 g/mol. The summed E-state index contributed by atoms with van der Waals surface area (Å²) in [6, 6.07) is 0. The van der Waals surface area contributed by atoms with E-state index < -0.39 is 11.9 Å². The second-order valence-electron chi connectivity index (χ2n) is 3.48. The smallest absolute Gasteiger partial charge is 0.330 e. The number of thiocarbonyl (C=S) groups is 1. The van der Waals surface area contributed by atoms with Gasteiger partial charge in [-0.3, -0.25) is 0 Å². The van der Waals surface area contributed by atoms with Crippen molar-refractivity contribution in [3.8, 4) is 0 Å². The molecule has 0 heterocycles. The highest BCUT2D eigenvalue weighted by Crippen LogP contribution is 2.17. The van der Waals surface area contributed by atoms with Crippen LogP contribution in [0.15, 0.2) is 49.6 Å². The Labute approximate surface area is 144 Å². The van der Waals surface area contributed by atoms with Crippen LogP contribution in [0.3, 0.4) is 0 Å². The van der Waals surface area contributed by atoms with Crippen molar-refractivity contribution in [1.29, 1.82) is 0 Å². The van der Waals surface area contributed by atoms with Gasteiger partial charge in [0.25, 0.3) is 0 Å². The Morgan fingerprint density at radius 3 is 1.64 bits per heavy atom. The molecule has 7 heteroatoms. The quantitative estimate of drug-likeness (QED) is 0.257. The molecule has 0 bridgehead atoms. The molecule has 0 spiro atoms. The van der Waals surface area contributed by atoms with Crippen LogP contribution < -0.4 is 0 Å². The lowest BCUT2D eigenvalue weighted by Crippen LogP contribution is -1.99. The van der Waals surface area contributed by atoms with Crippen LogP contribution in [0.4, 0.5) is 0 Å². The van der Waals surface area contributed by atoms with Gasteiger partial charge < -0.3 is 9.47 Å². The van der Waals surface area contributed by atoms with Gasteiger partial charge in [-0.25, -0.2) is 9.59 Å². The van der Waals surface area contributed by atoms with E-state index in [1.54, 1.807) is 12.2 Å². The molecule has 4 nitrogen and oxygen atoms in total. The molecule has 0 aromatic rings. The first-order chi connectivity index (χ1) is 10.6. The largest absolute Gasteiger partial charge is 0.458 e. The molecule has 0 saturated carbocycles. The van der Waals surface area contributed by atoms with Crippen LogP contribution in [0, 0.1) is 0 Å².